The van der Waals surface area contributed by atoms with Gasteiger partial charge in [0.15, 0.2) is 0 Å². The molecular formula is C15H26N2O. The standard InChI is InChI=1S/C15H26N2O/c1-4-6-7-13(5-2)12-18-15-11-17-9-8-14(15)10-16-3/h8-9,11,13,16H,4-7,10,12H2,1-3H3. The van der Waals surface area contributed by atoms with Crippen molar-refractivity contribution >= 4 is 0 Å². The maximum Gasteiger partial charge on any atom is 0.142 e. The Morgan fingerprint density at radius 2 is 2.22 bits per heavy atom. The van der Waals surface area contributed by atoms with Crippen molar-refractivity contribution in [2.75, 3.05) is 13.7 Å². The number of aromatic nitrogens is 1. The minimum Gasteiger partial charge on any atom is -0.491 e. The van der Waals surface area contributed by atoms with Gasteiger partial charge < -0.3 is 10.1 Å². The lowest BCUT2D eigenvalue weighted by atomic mass is 10.0. The first-order chi connectivity index (χ1) is 8.81. The number of rotatable bonds is 9. The van der Waals surface area contributed by atoms with Gasteiger partial charge in [0.25, 0.3) is 0 Å². The van der Waals surface area contributed by atoms with Crippen molar-refractivity contribution in [1.82, 2.24) is 10.3 Å². The molecule has 0 aromatic carbocycles. The molecule has 1 N–H and O–H groups in total. The van der Waals surface area contributed by atoms with Gasteiger partial charge in [-0.25, -0.2) is 0 Å². The predicted octanol–water partition coefficient (Wildman–Crippen LogP) is 3.40. The van der Waals surface area contributed by atoms with E-state index in [1.165, 1.54) is 31.2 Å². The third-order valence-electron chi connectivity index (χ3n) is 3.26. The molecule has 1 heterocycles. The maximum atomic E-state index is 5.94. The first kappa shape index (κ1) is 15.0. The van der Waals surface area contributed by atoms with Crippen LogP contribution in [0.15, 0.2) is 18.5 Å². The molecule has 1 rings (SSSR count). The molecule has 0 aliphatic carbocycles. The van der Waals surface area contributed by atoms with E-state index in [4.69, 9.17) is 4.74 Å². The number of pyridine rings is 1. The average molecular weight is 250 g/mol. The summed E-state index contributed by atoms with van der Waals surface area (Å²) in [4.78, 5) is 4.14. The Morgan fingerprint density at radius 3 is 2.89 bits per heavy atom. The first-order valence-electron chi connectivity index (χ1n) is 7.02. The van der Waals surface area contributed by atoms with Crippen molar-refractivity contribution in [2.45, 2.75) is 46.1 Å². The molecule has 1 unspecified atom stereocenters. The molecule has 0 amide bonds. The third-order valence-corrected chi connectivity index (χ3v) is 3.26. The van der Waals surface area contributed by atoms with E-state index >= 15 is 0 Å². The molecule has 3 nitrogen and oxygen atoms in total. The highest BCUT2D eigenvalue weighted by Gasteiger charge is 2.09. The third kappa shape index (κ3) is 5.05. The van der Waals surface area contributed by atoms with Gasteiger partial charge in [0.05, 0.1) is 12.8 Å². The molecule has 102 valence electrons. The van der Waals surface area contributed by atoms with Crippen molar-refractivity contribution in [2.24, 2.45) is 5.92 Å². The van der Waals surface area contributed by atoms with Crippen LogP contribution >= 0.6 is 0 Å². The SMILES string of the molecule is CCCCC(CC)COc1cnccc1CNC. The highest BCUT2D eigenvalue weighted by Crippen LogP contribution is 2.19. The Balaban J connectivity index is 2.50. The Hall–Kier alpha value is -1.09. The van der Waals surface area contributed by atoms with Crippen molar-refractivity contribution in [3.63, 3.8) is 0 Å². The van der Waals surface area contributed by atoms with Crippen molar-refractivity contribution < 1.29 is 4.74 Å². The van der Waals surface area contributed by atoms with Gasteiger partial charge in [-0.2, -0.15) is 0 Å². The molecule has 0 radical (unpaired) electrons. The Labute approximate surface area is 111 Å². The molecule has 0 saturated carbocycles. The lowest BCUT2D eigenvalue weighted by Gasteiger charge is -2.17. The summed E-state index contributed by atoms with van der Waals surface area (Å²) < 4.78 is 5.94. The Kier molecular flexibility index (Phi) is 7.42. The van der Waals surface area contributed by atoms with Crippen LogP contribution in [0.5, 0.6) is 5.75 Å². The zero-order valence-corrected chi connectivity index (χ0v) is 11.9. The fourth-order valence-electron chi connectivity index (χ4n) is 1.98. The molecule has 1 aromatic heterocycles. The highest BCUT2D eigenvalue weighted by atomic mass is 16.5. The summed E-state index contributed by atoms with van der Waals surface area (Å²) in [7, 11) is 1.94. The second-order valence-electron chi connectivity index (χ2n) is 4.74. The van der Waals surface area contributed by atoms with Gasteiger partial charge in [0.2, 0.25) is 0 Å². The van der Waals surface area contributed by atoms with E-state index in [1.807, 2.05) is 25.5 Å². The molecule has 1 aromatic rings. The lowest BCUT2D eigenvalue weighted by molar-refractivity contribution is 0.230. The molecule has 0 bridgehead atoms. The van der Waals surface area contributed by atoms with Crippen LogP contribution in [0.25, 0.3) is 0 Å². The van der Waals surface area contributed by atoms with Gasteiger partial charge in [-0.3, -0.25) is 4.98 Å². The van der Waals surface area contributed by atoms with Gasteiger partial charge in [0.1, 0.15) is 5.75 Å². The van der Waals surface area contributed by atoms with E-state index in [2.05, 4.69) is 24.1 Å². The van der Waals surface area contributed by atoms with E-state index in [-0.39, 0.29) is 0 Å². The van der Waals surface area contributed by atoms with Crippen LogP contribution in [0.3, 0.4) is 0 Å². The van der Waals surface area contributed by atoms with E-state index in [0.717, 1.165) is 18.9 Å². The van der Waals surface area contributed by atoms with Crippen LogP contribution in [-0.2, 0) is 6.54 Å². The number of hydrogen-bond acceptors (Lipinski definition) is 3. The second kappa shape index (κ2) is 8.92. The van der Waals surface area contributed by atoms with Crippen molar-refractivity contribution in [3.05, 3.63) is 24.0 Å². The van der Waals surface area contributed by atoms with Gasteiger partial charge in [-0.15, -0.1) is 0 Å². The largest absolute Gasteiger partial charge is 0.491 e. The van der Waals surface area contributed by atoms with Crippen LogP contribution in [0.1, 0.15) is 45.1 Å². The number of nitrogens with zero attached hydrogens (tertiary/aromatic N) is 1. The maximum absolute atomic E-state index is 5.94. The van der Waals surface area contributed by atoms with Crippen molar-refractivity contribution in [3.8, 4) is 5.75 Å². The second-order valence-corrected chi connectivity index (χ2v) is 4.74. The van der Waals surface area contributed by atoms with Crippen molar-refractivity contribution in [1.29, 1.82) is 0 Å². The Morgan fingerprint density at radius 1 is 1.39 bits per heavy atom. The van der Waals surface area contributed by atoms with E-state index in [0.29, 0.717) is 5.92 Å². The summed E-state index contributed by atoms with van der Waals surface area (Å²) in [6.07, 6.45) is 8.62. The summed E-state index contributed by atoms with van der Waals surface area (Å²) in [5.74, 6) is 1.58. The number of unbranched alkanes of at least 4 members (excludes halogenated alkanes) is 1. The van der Waals surface area contributed by atoms with Gasteiger partial charge >= 0.3 is 0 Å². The smallest absolute Gasteiger partial charge is 0.142 e. The van der Waals surface area contributed by atoms with Gasteiger partial charge in [0, 0.05) is 18.3 Å². The molecule has 0 saturated heterocycles. The molecule has 0 aliphatic heterocycles. The molecular weight excluding hydrogens is 224 g/mol. The van der Waals surface area contributed by atoms with Crippen LogP contribution in [-0.4, -0.2) is 18.6 Å². The topological polar surface area (TPSA) is 34.1 Å². The monoisotopic (exact) mass is 250 g/mol. The minimum absolute atomic E-state index is 0.660. The van der Waals surface area contributed by atoms with Crippen LogP contribution in [0.2, 0.25) is 0 Å². The molecule has 0 aliphatic rings. The summed E-state index contributed by atoms with van der Waals surface area (Å²) >= 11 is 0. The normalized spacial score (nSPS) is 12.4. The Bertz CT molecular complexity index is 328. The zero-order chi connectivity index (χ0) is 13.2. The van der Waals surface area contributed by atoms with Crippen LogP contribution in [0, 0.1) is 5.92 Å². The van der Waals surface area contributed by atoms with E-state index < -0.39 is 0 Å². The molecule has 1 atom stereocenters. The van der Waals surface area contributed by atoms with Crippen LogP contribution in [0.4, 0.5) is 0 Å². The predicted molar refractivity (Wildman–Crippen MR) is 75.8 cm³/mol. The number of hydrogen-bond donors (Lipinski definition) is 1. The summed E-state index contributed by atoms with van der Waals surface area (Å²) in [5, 5.41) is 3.15. The molecule has 18 heavy (non-hydrogen) atoms. The van der Waals surface area contributed by atoms with Gasteiger partial charge in [-0.1, -0.05) is 33.1 Å². The number of nitrogens with one attached hydrogen (secondary N) is 1. The minimum atomic E-state index is 0.660. The summed E-state index contributed by atoms with van der Waals surface area (Å²) in [6, 6.07) is 2.01. The molecule has 0 fully saturated rings. The van der Waals surface area contributed by atoms with E-state index in [1.54, 1.807) is 0 Å². The van der Waals surface area contributed by atoms with E-state index in [9.17, 15) is 0 Å². The molecule has 0 spiro atoms. The lowest BCUT2D eigenvalue weighted by Crippen LogP contribution is -2.14. The summed E-state index contributed by atoms with van der Waals surface area (Å²) in [6.45, 7) is 6.10. The molecule has 3 heteroatoms. The highest BCUT2D eigenvalue weighted by molar-refractivity contribution is 5.29. The van der Waals surface area contributed by atoms with Gasteiger partial charge in [-0.05, 0) is 25.5 Å². The summed E-state index contributed by atoms with van der Waals surface area (Å²) in [5.41, 5.74) is 1.18. The number of ether oxygens (including phenoxy) is 1. The van der Waals surface area contributed by atoms with Crippen LogP contribution < -0.4 is 10.1 Å². The average Bonchev–Trinajstić information content (AvgIpc) is 2.41. The quantitative estimate of drug-likeness (QED) is 0.729. The fourth-order valence-corrected chi connectivity index (χ4v) is 1.98. The zero-order valence-electron chi connectivity index (χ0n) is 11.9. The first-order valence-corrected chi connectivity index (χ1v) is 7.02. The fraction of sp³-hybridized carbons (Fsp3) is 0.667.